The molecule has 0 aliphatic rings. The average Bonchev–Trinajstić information content (AvgIpc) is 3.09. The Morgan fingerprint density at radius 3 is 2.58 bits per heavy atom. The molecule has 0 radical (unpaired) electrons. The van der Waals surface area contributed by atoms with E-state index in [4.69, 9.17) is 9.15 Å². The van der Waals surface area contributed by atoms with Crippen molar-refractivity contribution in [1.29, 1.82) is 0 Å². The van der Waals surface area contributed by atoms with E-state index in [1.165, 1.54) is 24.3 Å². The van der Waals surface area contributed by atoms with E-state index in [0.29, 0.717) is 11.5 Å². The Labute approximate surface area is 149 Å². The molecule has 134 valence electrons. The van der Waals surface area contributed by atoms with Gasteiger partial charge in [0.1, 0.15) is 17.1 Å². The summed E-state index contributed by atoms with van der Waals surface area (Å²) in [5.41, 5.74) is 0.747. The van der Waals surface area contributed by atoms with Crippen LogP contribution in [0.5, 0.6) is 5.75 Å². The van der Waals surface area contributed by atoms with E-state index in [9.17, 15) is 14.9 Å². The van der Waals surface area contributed by atoms with Crippen molar-refractivity contribution in [2.45, 2.75) is 13.0 Å². The monoisotopic (exact) mass is 354 g/mol. The molecule has 0 aliphatic carbocycles. The van der Waals surface area contributed by atoms with Crippen LogP contribution in [0.15, 0.2) is 59.0 Å². The molecule has 2 aromatic carbocycles. The van der Waals surface area contributed by atoms with Gasteiger partial charge < -0.3 is 14.1 Å². The molecule has 1 atom stereocenters. The highest BCUT2D eigenvalue weighted by atomic mass is 16.6. The number of para-hydroxylation sites is 1. The van der Waals surface area contributed by atoms with Crippen LogP contribution in [0.2, 0.25) is 0 Å². The van der Waals surface area contributed by atoms with Crippen LogP contribution in [0.1, 0.15) is 18.7 Å². The molecule has 0 spiro atoms. The lowest BCUT2D eigenvalue weighted by Crippen LogP contribution is -2.33. The molecular weight excluding hydrogens is 336 g/mol. The fraction of sp³-hybridized carbons (Fsp3) is 0.211. The van der Waals surface area contributed by atoms with Gasteiger partial charge in [0.05, 0.1) is 11.0 Å². The number of hydrogen-bond donors (Lipinski definition) is 0. The van der Waals surface area contributed by atoms with Gasteiger partial charge in [0.2, 0.25) is 0 Å². The van der Waals surface area contributed by atoms with Crippen LogP contribution in [0.3, 0.4) is 0 Å². The second kappa shape index (κ2) is 7.26. The number of nitro benzene ring substituents is 1. The summed E-state index contributed by atoms with van der Waals surface area (Å²) in [7, 11) is 1.68. The number of rotatable bonds is 6. The number of hydrogen-bond acceptors (Lipinski definition) is 5. The van der Waals surface area contributed by atoms with Gasteiger partial charge in [-0.1, -0.05) is 18.2 Å². The number of furan rings is 1. The zero-order valence-corrected chi connectivity index (χ0v) is 14.4. The predicted molar refractivity (Wildman–Crippen MR) is 96.0 cm³/mol. The summed E-state index contributed by atoms with van der Waals surface area (Å²) in [6.07, 6.45) is 0. The zero-order valence-electron chi connectivity index (χ0n) is 14.4. The Morgan fingerprint density at radius 2 is 1.92 bits per heavy atom. The predicted octanol–water partition coefficient (Wildman–Crippen LogP) is 3.94. The van der Waals surface area contributed by atoms with Crippen molar-refractivity contribution >= 4 is 22.6 Å². The number of nitrogens with zero attached hydrogens (tertiary/aromatic N) is 2. The van der Waals surface area contributed by atoms with Gasteiger partial charge in [0.15, 0.2) is 6.61 Å². The fourth-order valence-electron chi connectivity index (χ4n) is 2.53. The van der Waals surface area contributed by atoms with Crippen molar-refractivity contribution in [3.63, 3.8) is 0 Å². The Balaban J connectivity index is 1.62. The van der Waals surface area contributed by atoms with E-state index in [0.717, 1.165) is 11.0 Å². The zero-order chi connectivity index (χ0) is 18.7. The van der Waals surface area contributed by atoms with Gasteiger partial charge in [-0.2, -0.15) is 0 Å². The number of likely N-dealkylation sites (N-methyl/N-ethyl adjacent to an activating group) is 1. The number of fused-ring (bicyclic) bond motifs is 1. The summed E-state index contributed by atoms with van der Waals surface area (Å²) in [5, 5.41) is 11.6. The third-order valence-electron chi connectivity index (χ3n) is 4.24. The number of amides is 1. The molecule has 0 aliphatic heterocycles. The van der Waals surface area contributed by atoms with Crippen molar-refractivity contribution in [1.82, 2.24) is 4.90 Å². The number of ether oxygens (including phenoxy) is 1. The lowest BCUT2D eigenvalue weighted by atomic mass is 10.2. The number of nitro groups is 1. The quantitative estimate of drug-likeness (QED) is 0.494. The molecule has 0 bridgehead atoms. The average molecular weight is 354 g/mol. The first-order valence-corrected chi connectivity index (χ1v) is 8.07. The first-order chi connectivity index (χ1) is 12.5. The molecule has 0 fully saturated rings. The standard InChI is InChI=1S/C19H18N2O5/c1-13(18-11-14-5-3-4-6-17(14)26-18)20(2)19(22)12-25-16-9-7-15(8-10-16)21(23)24/h3-11,13H,12H2,1-2H3. The van der Waals surface area contributed by atoms with Gasteiger partial charge in [-0.15, -0.1) is 0 Å². The number of carbonyl (C=O) groups excluding carboxylic acids is 1. The van der Waals surface area contributed by atoms with Crippen molar-refractivity contribution < 1.29 is 18.9 Å². The fourth-order valence-corrected chi connectivity index (χ4v) is 2.53. The topological polar surface area (TPSA) is 85.8 Å². The molecule has 3 aromatic rings. The summed E-state index contributed by atoms with van der Waals surface area (Å²) in [5.74, 6) is 0.863. The van der Waals surface area contributed by atoms with Crippen LogP contribution in [-0.2, 0) is 4.79 Å². The second-order valence-corrected chi connectivity index (χ2v) is 5.91. The SMILES string of the molecule is CC(c1cc2ccccc2o1)N(C)C(=O)COc1ccc([N+](=O)[O-])cc1. The van der Waals surface area contributed by atoms with Crippen LogP contribution >= 0.6 is 0 Å². The lowest BCUT2D eigenvalue weighted by molar-refractivity contribution is -0.384. The number of carbonyl (C=O) groups is 1. The van der Waals surface area contributed by atoms with Crippen LogP contribution in [0.4, 0.5) is 5.69 Å². The Morgan fingerprint density at radius 1 is 1.23 bits per heavy atom. The van der Waals surface area contributed by atoms with E-state index >= 15 is 0 Å². The summed E-state index contributed by atoms with van der Waals surface area (Å²) < 4.78 is 11.2. The minimum absolute atomic E-state index is 0.0284. The number of benzene rings is 2. The normalized spacial score (nSPS) is 11.9. The van der Waals surface area contributed by atoms with Crippen molar-refractivity contribution in [3.8, 4) is 5.75 Å². The van der Waals surface area contributed by atoms with E-state index in [1.807, 2.05) is 37.3 Å². The number of non-ortho nitro benzene ring substituents is 1. The third-order valence-corrected chi connectivity index (χ3v) is 4.24. The van der Waals surface area contributed by atoms with Crippen LogP contribution in [-0.4, -0.2) is 29.4 Å². The van der Waals surface area contributed by atoms with Gasteiger partial charge in [-0.05, 0) is 31.2 Å². The molecule has 7 nitrogen and oxygen atoms in total. The smallest absolute Gasteiger partial charge is 0.269 e. The molecular formula is C19H18N2O5. The van der Waals surface area contributed by atoms with Gasteiger partial charge in [-0.25, -0.2) is 0 Å². The Kier molecular flexibility index (Phi) is 4.88. The van der Waals surface area contributed by atoms with Crippen LogP contribution < -0.4 is 4.74 Å². The van der Waals surface area contributed by atoms with E-state index in [1.54, 1.807) is 11.9 Å². The van der Waals surface area contributed by atoms with Crippen LogP contribution in [0, 0.1) is 10.1 Å². The van der Waals surface area contributed by atoms with E-state index in [2.05, 4.69) is 0 Å². The molecule has 0 saturated heterocycles. The minimum atomic E-state index is -0.488. The molecule has 1 aromatic heterocycles. The van der Waals surface area contributed by atoms with Gasteiger partial charge in [0.25, 0.3) is 11.6 Å². The molecule has 0 saturated carbocycles. The molecule has 1 unspecified atom stereocenters. The van der Waals surface area contributed by atoms with E-state index < -0.39 is 4.92 Å². The highest BCUT2D eigenvalue weighted by molar-refractivity contribution is 5.79. The third kappa shape index (κ3) is 3.66. The molecule has 26 heavy (non-hydrogen) atoms. The maximum Gasteiger partial charge on any atom is 0.269 e. The summed E-state index contributed by atoms with van der Waals surface area (Å²) in [4.78, 5) is 24.1. The Hall–Kier alpha value is -3.35. The minimum Gasteiger partial charge on any atom is -0.484 e. The highest BCUT2D eigenvalue weighted by Gasteiger charge is 2.21. The molecule has 7 heteroatoms. The summed E-state index contributed by atoms with van der Waals surface area (Å²) in [6, 6.07) is 14.9. The van der Waals surface area contributed by atoms with Crippen LogP contribution in [0.25, 0.3) is 11.0 Å². The first-order valence-electron chi connectivity index (χ1n) is 8.07. The summed E-state index contributed by atoms with van der Waals surface area (Å²) >= 11 is 0. The second-order valence-electron chi connectivity index (χ2n) is 5.91. The molecule has 1 amide bonds. The maximum absolute atomic E-state index is 12.4. The van der Waals surface area contributed by atoms with Gasteiger partial charge in [0, 0.05) is 24.6 Å². The largest absolute Gasteiger partial charge is 0.484 e. The summed E-state index contributed by atoms with van der Waals surface area (Å²) in [6.45, 7) is 1.71. The lowest BCUT2D eigenvalue weighted by Gasteiger charge is -2.23. The van der Waals surface area contributed by atoms with Crippen molar-refractivity contribution in [2.75, 3.05) is 13.7 Å². The highest BCUT2D eigenvalue weighted by Crippen LogP contribution is 2.26. The first kappa shape index (κ1) is 17.5. The molecule has 0 N–H and O–H groups in total. The maximum atomic E-state index is 12.4. The van der Waals surface area contributed by atoms with Gasteiger partial charge >= 0.3 is 0 Å². The molecule has 3 rings (SSSR count). The van der Waals surface area contributed by atoms with Gasteiger partial charge in [-0.3, -0.25) is 14.9 Å². The Bertz CT molecular complexity index is 900. The van der Waals surface area contributed by atoms with E-state index in [-0.39, 0.29) is 24.2 Å². The molecule has 1 heterocycles. The van der Waals surface area contributed by atoms with Crippen molar-refractivity contribution in [3.05, 3.63) is 70.5 Å². The van der Waals surface area contributed by atoms with Crippen molar-refractivity contribution in [2.24, 2.45) is 0 Å².